The normalized spacial score (nSPS) is 24.5. The number of nitrogens with zero attached hydrogens (tertiary/aromatic N) is 1. The second-order valence-electron chi connectivity index (χ2n) is 12.8. The summed E-state index contributed by atoms with van der Waals surface area (Å²) in [5.74, 6) is -1.74. The number of nitrogens with one attached hydrogen (secondary N) is 1. The van der Waals surface area contributed by atoms with Crippen LogP contribution in [0.4, 0.5) is 4.39 Å². The van der Waals surface area contributed by atoms with Gasteiger partial charge in [0.1, 0.15) is 12.1 Å². The lowest BCUT2D eigenvalue weighted by Gasteiger charge is -2.27. The molecule has 5 atom stereocenters. The molecular formula is C33H46FN3O6. The topological polar surface area (TPSA) is 148 Å². The average molecular weight is 600 g/mol. The maximum Gasteiger partial charge on any atom is 0.273 e. The summed E-state index contributed by atoms with van der Waals surface area (Å²) in [4.78, 5) is 29.6. The highest BCUT2D eigenvalue weighted by molar-refractivity contribution is 5.91. The van der Waals surface area contributed by atoms with Crippen molar-refractivity contribution >= 4 is 11.8 Å². The van der Waals surface area contributed by atoms with Crippen LogP contribution in [0.5, 0.6) is 0 Å². The molecule has 0 radical (unpaired) electrons. The number of aliphatic hydroxyl groups is 2. The highest BCUT2D eigenvalue weighted by Gasteiger charge is 2.51. The van der Waals surface area contributed by atoms with Gasteiger partial charge in [-0.25, -0.2) is 9.37 Å². The van der Waals surface area contributed by atoms with Crippen LogP contribution in [0.25, 0.3) is 0 Å². The predicted octanol–water partition coefficient (Wildman–Crippen LogP) is 4.04. The average Bonchev–Trinajstić information content (AvgIpc) is 3.76. The first kappa shape index (κ1) is 31.6. The number of carbonyl (C=O) groups excluding carboxylic acids is 2. The molecule has 5 rings (SSSR count). The zero-order chi connectivity index (χ0) is 30.3. The first-order chi connectivity index (χ1) is 20.9. The number of hydrogen-bond donors (Lipinski definition) is 4. The summed E-state index contributed by atoms with van der Waals surface area (Å²) in [7, 11) is 0. The van der Waals surface area contributed by atoms with Gasteiger partial charge in [-0.3, -0.25) is 9.59 Å². The second-order valence-corrected chi connectivity index (χ2v) is 12.8. The van der Waals surface area contributed by atoms with Crippen LogP contribution in [0.3, 0.4) is 0 Å². The smallest absolute Gasteiger partial charge is 0.273 e. The Balaban J connectivity index is 1.23. The Bertz CT molecular complexity index is 1230. The molecule has 2 saturated heterocycles. The Morgan fingerprint density at radius 2 is 1.81 bits per heavy atom. The van der Waals surface area contributed by atoms with E-state index in [9.17, 15) is 24.2 Å². The molecule has 2 bridgehead atoms. The van der Waals surface area contributed by atoms with Crippen molar-refractivity contribution in [3.05, 3.63) is 53.0 Å². The number of halogens is 1. The summed E-state index contributed by atoms with van der Waals surface area (Å²) < 4.78 is 26.6. The first-order valence-corrected chi connectivity index (χ1v) is 16.0. The zero-order valence-electron chi connectivity index (χ0n) is 24.9. The van der Waals surface area contributed by atoms with Crippen LogP contribution in [-0.4, -0.2) is 59.0 Å². The van der Waals surface area contributed by atoms with Gasteiger partial charge < -0.3 is 30.4 Å². The van der Waals surface area contributed by atoms with E-state index in [2.05, 4.69) is 10.3 Å². The number of hydrogen-bond acceptors (Lipinski definition) is 7. The SMILES string of the molecule is NC(=O)C(Cc1ccc(F)cc1C[C@H]1C2CC[C@@H](O2)[C@H]1c1nc(C(=O)NCCCCC2CCCCC2)co1)C(CO)CO. The number of ether oxygens (including phenoxy) is 1. The molecule has 1 saturated carbocycles. The molecule has 3 aliphatic rings. The van der Waals surface area contributed by atoms with Gasteiger partial charge in [-0.1, -0.05) is 51.0 Å². The molecule has 43 heavy (non-hydrogen) atoms. The molecule has 2 aromatic rings. The summed E-state index contributed by atoms with van der Waals surface area (Å²) in [6.45, 7) is -0.164. The molecule has 2 amide bonds. The number of nitrogens with two attached hydrogens (primary N) is 1. The molecule has 1 aromatic carbocycles. The molecule has 1 aliphatic carbocycles. The Labute approximate surface area is 252 Å². The van der Waals surface area contributed by atoms with Crippen molar-refractivity contribution in [2.45, 2.75) is 95.2 Å². The maximum absolute atomic E-state index is 14.5. The lowest BCUT2D eigenvalue weighted by Crippen LogP contribution is -2.36. The van der Waals surface area contributed by atoms with Crippen molar-refractivity contribution in [2.75, 3.05) is 19.8 Å². The van der Waals surface area contributed by atoms with E-state index in [1.54, 1.807) is 6.07 Å². The van der Waals surface area contributed by atoms with Crippen molar-refractivity contribution in [3.8, 4) is 0 Å². The van der Waals surface area contributed by atoms with E-state index in [1.807, 2.05) is 0 Å². The van der Waals surface area contributed by atoms with E-state index in [1.165, 1.54) is 56.9 Å². The summed E-state index contributed by atoms with van der Waals surface area (Å²) in [6, 6.07) is 4.44. The van der Waals surface area contributed by atoms with Gasteiger partial charge in [0.25, 0.3) is 5.91 Å². The van der Waals surface area contributed by atoms with Crippen LogP contribution >= 0.6 is 0 Å². The fourth-order valence-electron chi connectivity index (χ4n) is 7.53. The molecule has 2 unspecified atom stereocenters. The van der Waals surface area contributed by atoms with Gasteiger partial charge in [0.15, 0.2) is 5.69 Å². The fourth-order valence-corrected chi connectivity index (χ4v) is 7.53. The number of unbranched alkanes of at least 4 members (excludes halogenated alkanes) is 1. The zero-order valence-corrected chi connectivity index (χ0v) is 24.9. The third-order valence-electron chi connectivity index (χ3n) is 9.98. The van der Waals surface area contributed by atoms with Crippen molar-refractivity contribution in [2.24, 2.45) is 29.4 Å². The van der Waals surface area contributed by atoms with E-state index in [4.69, 9.17) is 14.9 Å². The van der Waals surface area contributed by atoms with Crippen molar-refractivity contribution in [1.82, 2.24) is 10.3 Å². The monoisotopic (exact) mass is 599 g/mol. The van der Waals surface area contributed by atoms with Crippen molar-refractivity contribution < 1.29 is 33.3 Å². The third kappa shape index (κ3) is 7.64. The number of amides is 2. The van der Waals surface area contributed by atoms with Gasteiger partial charge in [-0.15, -0.1) is 0 Å². The van der Waals surface area contributed by atoms with Crippen LogP contribution < -0.4 is 11.1 Å². The van der Waals surface area contributed by atoms with Gasteiger partial charge in [-0.2, -0.15) is 0 Å². The van der Waals surface area contributed by atoms with Crippen LogP contribution in [0.2, 0.25) is 0 Å². The number of primary amides is 1. The largest absolute Gasteiger partial charge is 0.448 e. The molecule has 2 aliphatic heterocycles. The number of aliphatic hydroxyl groups excluding tert-OH is 2. The van der Waals surface area contributed by atoms with E-state index >= 15 is 0 Å². The Morgan fingerprint density at radius 1 is 1.05 bits per heavy atom. The molecule has 1 aromatic heterocycles. The van der Waals surface area contributed by atoms with E-state index in [0.717, 1.165) is 37.2 Å². The number of carbonyl (C=O) groups is 2. The third-order valence-corrected chi connectivity index (χ3v) is 9.98. The van der Waals surface area contributed by atoms with E-state index < -0.39 is 23.6 Å². The number of oxazole rings is 1. The van der Waals surface area contributed by atoms with Crippen LogP contribution in [0.1, 0.15) is 97.6 Å². The summed E-state index contributed by atoms with van der Waals surface area (Å²) in [5, 5.41) is 22.3. The highest BCUT2D eigenvalue weighted by atomic mass is 19.1. The number of benzene rings is 1. The first-order valence-electron chi connectivity index (χ1n) is 16.0. The van der Waals surface area contributed by atoms with Gasteiger partial charge >= 0.3 is 0 Å². The standard InChI is InChI=1S/C33H46FN3O6/c34-24-10-9-21(15-25(31(35)40)23(17-38)18-39)22(14-24)16-26-28-11-12-29(43-28)30(26)33-37-27(19-42-33)32(41)36-13-5-4-8-20-6-2-1-3-7-20/h9-10,14,19-20,23,25-26,28-30,38-39H,1-8,11-13,15-18H2,(H2,35,40)(H,36,41)/t25?,26-,28?,29+,30-/m0/s1. The molecule has 9 nitrogen and oxygen atoms in total. The molecule has 3 fully saturated rings. The molecule has 3 heterocycles. The van der Waals surface area contributed by atoms with Gasteiger partial charge in [0.2, 0.25) is 11.8 Å². The Morgan fingerprint density at radius 3 is 2.56 bits per heavy atom. The number of fused-ring (bicyclic) bond motifs is 2. The summed E-state index contributed by atoms with van der Waals surface area (Å²) in [6.07, 6.45) is 13.6. The number of aromatic nitrogens is 1. The Kier molecular flexibility index (Phi) is 10.9. The lowest BCUT2D eigenvalue weighted by atomic mass is 9.75. The highest BCUT2D eigenvalue weighted by Crippen LogP contribution is 2.50. The van der Waals surface area contributed by atoms with Crippen molar-refractivity contribution in [1.29, 1.82) is 0 Å². The second kappa shape index (κ2) is 14.8. The summed E-state index contributed by atoms with van der Waals surface area (Å²) >= 11 is 0. The molecule has 5 N–H and O–H groups in total. The predicted molar refractivity (Wildman–Crippen MR) is 158 cm³/mol. The quantitative estimate of drug-likeness (QED) is 0.226. The summed E-state index contributed by atoms with van der Waals surface area (Å²) in [5.41, 5.74) is 7.31. The maximum atomic E-state index is 14.5. The van der Waals surface area contributed by atoms with Crippen LogP contribution in [0.15, 0.2) is 28.9 Å². The molecular weight excluding hydrogens is 553 g/mol. The Hall–Kier alpha value is -2.82. The lowest BCUT2D eigenvalue weighted by molar-refractivity contribution is -0.124. The van der Waals surface area contributed by atoms with E-state index in [-0.39, 0.29) is 55.3 Å². The van der Waals surface area contributed by atoms with Crippen LogP contribution in [-0.2, 0) is 22.4 Å². The molecule has 10 heteroatoms. The van der Waals surface area contributed by atoms with Gasteiger partial charge in [0.05, 0.1) is 18.1 Å². The van der Waals surface area contributed by atoms with Crippen LogP contribution in [0, 0.1) is 29.5 Å². The minimum atomic E-state index is -0.800. The van der Waals surface area contributed by atoms with Gasteiger partial charge in [0, 0.05) is 37.5 Å². The van der Waals surface area contributed by atoms with Gasteiger partial charge in [-0.05, 0) is 61.3 Å². The minimum Gasteiger partial charge on any atom is -0.448 e. The fraction of sp³-hybridized carbons (Fsp3) is 0.667. The molecule has 236 valence electrons. The number of rotatable bonds is 15. The minimum absolute atomic E-state index is 0.0611. The molecule has 0 spiro atoms. The van der Waals surface area contributed by atoms with Crippen molar-refractivity contribution in [3.63, 3.8) is 0 Å². The van der Waals surface area contributed by atoms with E-state index in [0.29, 0.717) is 24.4 Å².